The lowest BCUT2D eigenvalue weighted by molar-refractivity contribution is -0.114. The Labute approximate surface area is 136 Å². The van der Waals surface area contributed by atoms with Crippen LogP contribution >= 0.6 is 0 Å². The van der Waals surface area contributed by atoms with E-state index in [1.54, 1.807) is 41.2 Å². The van der Waals surface area contributed by atoms with Gasteiger partial charge in [0.2, 0.25) is 5.91 Å². The number of anilines is 1. The number of carbonyl (C=O) groups is 2. The van der Waals surface area contributed by atoms with Gasteiger partial charge in [0.05, 0.1) is 12.7 Å². The molecule has 2 N–H and O–H groups in total. The van der Waals surface area contributed by atoms with Crippen molar-refractivity contribution >= 4 is 17.6 Å². The fraction of sp³-hybridized carbons (Fsp3) is 0.125. The van der Waals surface area contributed by atoms with E-state index in [9.17, 15) is 14.4 Å². The Morgan fingerprint density at radius 1 is 1.21 bits per heavy atom. The topological polar surface area (TPSA) is 106 Å². The molecule has 0 aliphatic carbocycles. The molecule has 0 saturated carbocycles. The summed E-state index contributed by atoms with van der Waals surface area (Å²) < 4.78 is 6.38. The van der Waals surface area contributed by atoms with E-state index in [0.29, 0.717) is 11.4 Å². The van der Waals surface area contributed by atoms with Crippen LogP contribution in [0, 0.1) is 0 Å². The quantitative estimate of drug-likeness (QED) is 0.708. The molecule has 1 aromatic carbocycles. The van der Waals surface area contributed by atoms with Gasteiger partial charge in [0, 0.05) is 30.7 Å². The van der Waals surface area contributed by atoms with Crippen LogP contribution in [-0.4, -0.2) is 33.8 Å². The Morgan fingerprint density at radius 2 is 1.92 bits per heavy atom. The molecule has 2 aliphatic heterocycles. The predicted octanol–water partition coefficient (Wildman–Crippen LogP) is 1.41. The summed E-state index contributed by atoms with van der Waals surface area (Å²) in [6, 6.07) is 6.95. The number of methoxy groups -OCH3 is 1. The number of benzene rings is 1. The molecule has 0 radical (unpaired) electrons. The Hall–Kier alpha value is -3.42. The zero-order chi connectivity index (χ0) is 17.3. The van der Waals surface area contributed by atoms with E-state index in [0.717, 1.165) is 0 Å². The summed E-state index contributed by atoms with van der Waals surface area (Å²) in [7, 11) is 1.26. The molecular weight excluding hydrogens is 312 g/mol. The molecular formula is C16H14N4O4. The van der Waals surface area contributed by atoms with Crippen LogP contribution in [0.1, 0.15) is 17.3 Å². The maximum Gasteiger partial charge on any atom is 0.341 e. The maximum atomic E-state index is 12.0. The number of hydrogen-bond donors (Lipinski definition) is 2. The lowest BCUT2D eigenvalue weighted by Crippen LogP contribution is -2.11. The van der Waals surface area contributed by atoms with Crippen molar-refractivity contribution in [1.29, 1.82) is 0 Å². The monoisotopic (exact) mass is 326 g/mol. The molecule has 2 heterocycles. The lowest BCUT2D eigenvalue weighted by Gasteiger charge is -2.12. The van der Waals surface area contributed by atoms with Crippen LogP contribution in [0.2, 0.25) is 0 Å². The number of amides is 1. The second-order valence-electron chi connectivity index (χ2n) is 5.11. The number of aromatic amines is 1. The first-order valence-corrected chi connectivity index (χ1v) is 7.06. The largest absolute Gasteiger partial charge is 0.465 e. The smallest absolute Gasteiger partial charge is 0.341 e. The minimum Gasteiger partial charge on any atom is -0.465 e. The van der Waals surface area contributed by atoms with Crippen LogP contribution in [0.5, 0.6) is 0 Å². The third-order valence-corrected chi connectivity index (χ3v) is 3.45. The van der Waals surface area contributed by atoms with E-state index < -0.39 is 5.97 Å². The summed E-state index contributed by atoms with van der Waals surface area (Å²) in [4.78, 5) is 34.9. The predicted molar refractivity (Wildman–Crippen MR) is 86.4 cm³/mol. The second-order valence-corrected chi connectivity index (χ2v) is 5.11. The number of nitrogens with zero attached hydrogens (tertiary/aromatic N) is 2. The van der Waals surface area contributed by atoms with Gasteiger partial charge >= 0.3 is 5.97 Å². The highest BCUT2D eigenvalue weighted by Crippen LogP contribution is 2.23. The van der Waals surface area contributed by atoms with Gasteiger partial charge in [-0.1, -0.05) is 0 Å². The Balaban J connectivity index is 2.10. The SMILES string of the molecule is COC(=O)c1cn(-c2ccc(NC(C)=O)cc2)cc2c(=O)[nH]nc1-2. The molecule has 0 unspecified atom stereocenters. The summed E-state index contributed by atoms with van der Waals surface area (Å²) >= 11 is 0. The summed E-state index contributed by atoms with van der Waals surface area (Å²) in [5, 5.41) is 8.87. The van der Waals surface area contributed by atoms with Gasteiger partial charge < -0.3 is 14.6 Å². The number of esters is 1. The number of hydrogen-bond acceptors (Lipinski definition) is 5. The third kappa shape index (κ3) is 2.76. The van der Waals surface area contributed by atoms with E-state index in [-0.39, 0.29) is 28.3 Å². The second kappa shape index (κ2) is 5.99. The van der Waals surface area contributed by atoms with Crippen LogP contribution in [0.25, 0.3) is 16.9 Å². The molecule has 24 heavy (non-hydrogen) atoms. The minimum absolute atomic E-state index is 0.167. The van der Waals surface area contributed by atoms with Crippen molar-refractivity contribution in [2.45, 2.75) is 6.92 Å². The summed E-state index contributed by atoms with van der Waals surface area (Å²) in [5.74, 6) is -0.755. The van der Waals surface area contributed by atoms with E-state index in [2.05, 4.69) is 15.5 Å². The Kier molecular flexibility index (Phi) is 3.87. The van der Waals surface area contributed by atoms with E-state index in [1.165, 1.54) is 14.0 Å². The number of carbonyl (C=O) groups excluding carboxylic acids is 2. The molecule has 1 amide bonds. The van der Waals surface area contributed by atoms with Gasteiger partial charge in [-0.05, 0) is 24.3 Å². The normalized spacial score (nSPS) is 10.6. The molecule has 0 spiro atoms. The highest BCUT2D eigenvalue weighted by atomic mass is 16.5. The van der Waals surface area contributed by atoms with Crippen molar-refractivity contribution in [3.63, 3.8) is 0 Å². The van der Waals surface area contributed by atoms with Crippen molar-refractivity contribution < 1.29 is 14.3 Å². The Morgan fingerprint density at radius 3 is 2.54 bits per heavy atom. The maximum absolute atomic E-state index is 12.0. The van der Waals surface area contributed by atoms with E-state index in [1.807, 2.05) is 0 Å². The highest BCUT2D eigenvalue weighted by Gasteiger charge is 2.22. The molecule has 0 saturated heterocycles. The molecule has 3 rings (SSSR count). The lowest BCUT2D eigenvalue weighted by atomic mass is 10.1. The van der Waals surface area contributed by atoms with Gasteiger partial charge in [-0.3, -0.25) is 9.59 Å². The first-order valence-electron chi connectivity index (χ1n) is 7.06. The Bertz CT molecular complexity index is 940. The molecule has 1 aromatic rings. The van der Waals surface area contributed by atoms with Gasteiger partial charge in [-0.25, -0.2) is 9.89 Å². The fourth-order valence-corrected chi connectivity index (χ4v) is 2.36. The third-order valence-electron chi connectivity index (χ3n) is 3.45. The molecule has 2 aliphatic rings. The van der Waals surface area contributed by atoms with E-state index in [4.69, 9.17) is 4.74 Å². The average molecular weight is 326 g/mol. The average Bonchev–Trinajstić information content (AvgIpc) is 2.95. The summed E-state index contributed by atoms with van der Waals surface area (Å²) in [5.41, 5.74) is 1.69. The number of nitrogens with one attached hydrogen (secondary N) is 2. The number of pyridine rings is 1. The number of aromatic nitrogens is 3. The van der Waals surface area contributed by atoms with Crippen LogP contribution in [0.15, 0.2) is 41.5 Å². The standard InChI is InChI=1S/C16H14N4O4/c1-9(21)17-10-3-5-11(6-4-10)20-7-12-14(18-19-15(12)22)13(8-20)16(23)24-2/h3-8H,1-2H3,(H,17,21)(H,19,22). The zero-order valence-corrected chi connectivity index (χ0v) is 13.0. The highest BCUT2D eigenvalue weighted by molar-refractivity contribution is 5.96. The van der Waals surface area contributed by atoms with Gasteiger partial charge in [-0.2, -0.15) is 5.10 Å². The van der Waals surface area contributed by atoms with Crippen molar-refractivity contribution in [1.82, 2.24) is 14.8 Å². The number of H-pyrrole nitrogens is 1. The van der Waals surface area contributed by atoms with Gasteiger partial charge in [0.15, 0.2) is 0 Å². The molecule has 122 valence electrons. The van der Waals surface area contributed by atoms with Crippen molar-refractivity contribution in [3.8, 4) is 16.9 Å². The van der Waals surface area contributed by atoms with E-state index >= 15 is 0 Å². The summed E-state index contributed by atoms with van der Waals surface area (Å²) in [6.07, 6.45) is 3.13. The van der Waals surface area contributed by atoms with Gasteiger partial charge in [0.1, 0.15) is 11.3 Å². The first kappa shape index (κ1) is 15.5. The number of ether oxygens (including phenoxy) is 1. The molecule has 8 nitrogen and oxygen atoms in total. The van der Waals surface area contributed by atoms with Crippen molar-refractivity contribution in [3.05, 3.63) is 52.6 Å². The van der Waals surface area contributed by atoms with Gasteiger partial charge in [0.25, 0.3) is 5.56 Å². The molecule has 0 fully saturated rings. The molecule has 8 heteroatoms. The number of fused-ring (bicyclic) bond motifs is 1. The fourth-order valence-electron chi connectivity index (χ4n) is 2.36. The van der Waals surface area contributed by atoms with Crippen LogP contribution in [0.3, 0.4) is 0 Å². The van der Waals surface area contributed by atoms with Crippen molar-refractivity contribution in [2.75, 3.05) is 12.4 Å². The van der Waals surface area contributed by atoms with Gasteiger partial charge in [-0.15, -0.1) is 0 Å². The summed E-state index contributed by atoms with van der Waals surface area (Å²) in [6.45, 7) is 1.42. The van der Waals surface area contributed by atoms with Crippen LogP contribution in [-0.2, 0) is 9.53 Å². The van der Waals surface area contributed by atoms with Crippen LogP contribution < -0.4 is 10.9 Å². The molecule has 0 bridgehead atoms. The molecule has 0 aromatic heterocycles. The first-order chi connectivity index (χ1) is 11.5. The number of rotatable bonds is 3. The van der Waals surface area contributed by atoms with Crippen LogP contribution in [0.4, 0.5) is 5.69 Å². The van der Waals surface area contributed by atoms with Crippen molar-refractivity contribution in [2.24, 2.45) is 0 Å². The minimum atomic E-state index is -0.587. The molecule has 0 atom stereocenters. The zero-order valence-electron chi connectivity index (χ0n) is 13.0.